The van der Waals surface area contributed by atoms with Crippen molar-refractivity contribution in [1.82, 2.24) is 20.6 Å². The Balaban J connectivity index is 1.50. The highest BCUT2D eigenvalue weighted by Crippen LogP contribution is 2.25. The zero-order valence-electron chi connectivity index (χ0n) is 17.4. The predicted molar refractivity (Wildman–Crippen MR) is 117 cm³/mol. The Morgan fingerprint density at radius 1 is 1.13 bits per heavy atom. The van der Waals surface area contributed by atoms with E-state index >= 15 is 0 Å². The van der Waals surface area contributed by atoms with Crippen LogP contribution in [0.25, 0.3) is 11.0 Å². The van der Waals surface area contributed by atoms with E-state index in [1.165, 1.54) is 0 Å². The number of carbonyl (C=O) groups is 3. The summed E-state index contributed by atoms with van der Waals surface area (Å²) in [5.74, 6) is -0.353. The molecule has 31 heavy (non-hydrogen) atoms. The van der Waals surface area contributed by atoms with Crippen molar-refractivity contribution in [2.24, 2.45) is 5.92 Å². The third-order valence-electron chi connectivity index (χ3n) is 5.67. The number of benzene rings is 2. The number of imidazole rings is 1. The summed E-state index contributed by atoms with van der Waals surface area (Å²) in [7, 11) is 0. The fourth-order valence-electron chi connectivity index (χ4n) is 3.71. The number of hydrogen-bond acceptors (Lipinski definition) is 4. The van der Waals surface area contributed by atoms with E-state index in [0.29, 0.717) is 17.1 Å². The lowest BCUT2D eigenvalue weighted by Crippen LogP contribution is -2.45. The number of carbonyl (C=O) groups excluding carboxylic acids is 3. The molecule has 0 bridgehead atoms. The molecule has 8 nitrogen and oxygen atoms in total. The Labute approximate surface area is 179 Å². The first-order valence-corrected chi connectivity index (χ1v) is 10.4. The Morgan fingerprint density at radius 2 is 1.87 bits per heavy atom. The lowest BCUT2D eigenvalue weighted by atomic mass is 9.98. The molecule has 4 N–H and O–H groups in total. The third kappa shape index (κ3) is 4.28. The second-order valence-corrected chi connectivity index (χ2v) is 7.83. The summed E-state index contributed by atoms with van der Waals surface area (Å²) >= 11 is 0. The van der Waals surface area contributed by atoms with Crippen LogP contribution in [-0.4, -0.2) is 33.7 Å². The van der Waals surface area contributed by atoms with Gasteiger partial charge in [-0.1, -0.05) is 44.5 Å². The van der Waals surface area contributed by atoms with Crippen LogP contribution in [0.1, 0.15) is 48.9 Å². The molecule has 1 aliphatic rings. The van der Waals surface area contributed by atoms with E-state index in [9.17, 15) is 14.4 Å². The minimum Gasteiger partial charge on any atom is -0.346 e. The lowest BCUT2D eigenvalue weighted by Gasteiger charge is -2.23. The van der Waals surface area contributed by atoms with Crippen molar-refractivity contribution in [3.05, 3.63) is 59.9 Å². The van der Waals surface area contributed by atoms with Gasteiger partial charge in [-0.15, -0.1) is 0 Å². The van der Waals surface area contributed by atoms with Gasteiger partial charge in [0, 0.05) is 0 Å². The van der Waals surface area contributed by atoms with E-state index in [4.69, 9.17) is 0 Å². The van der Waals surface area contributed by atoms with E-state index in [0.717, 1.165) is 17.5 Å². The standard InChI is InChI=1S/C23H25N5O3/c1-3-13(2)20(21-24-16-10-6-7-11-17(16)25-21)28-19(29)12-18-23(31)26-15-9-5-4-8-14(15)22(30)27-18/h4-11,13,18,20H,3,12H2,1-2H3,(H,24,25)(H,26,31)(H,27,30)(H,28,29). The largest absolute Gasteiger partial charge is 0.346 e. The Hall–Kier alpha value is -3.68. The quantitative estimate of drug-likeness (QED) is 0.492. The molecule has 0 spiro atoms. The molecule has 1 aromatic heterocycles. The van der Waals surface area contributed by atoms with Gasteiger partial charge in [-0.2, -0.15) is 0 Å². The maximum Gasteiger partial charge on any atom is 0.254 e. The number of hydrogen-bond donors (Lipinski definition) is 4. The molecule has 1 aliphatic heterocycles. The van der Waals surface area contributed by atoms with Gasteiger partial charge < -0.3 is 20.9 Å². The van der Waals surface area contributed by atoms with Crippen LogP contribution >= 0.6 is 0 Å². The van der Waals surface area contributed by atoms with Crippen LogP contribution in [0, 0.1) is 5.92 Å². The second kappa shape index (κ2) is 8.59. The minimum absolute atomic E-state index is 0.117. The van der Waals surface area contributed by atoms with Gasteiger partial charge in [0.25, 0.3) is 5.91 Å². The summed E-state index contributed by atoms with van der Waals surface area (Å²) in [4.78, 5) is 45.9. The van der Waals surface area contributed by atoms with Gasteiger partial charge in [-0.3, -0.25) is 14.4 Å². The number of para-hydroxylation sites is 3. The molecule has 0 saturated carbocycles. The maximum absolute atomic E-state index is 12.9. The monoisotopic (exact) mass is 419 g/mol. The average molecular weight is 419 g/mol. The van der Waals surface area contributed by atoms with Crippen molar-refractivity contribution in [2.45, 2.75) is 38.8 Å². The van der Waals surface area contributed by atoms with Gasteiger partial charge >= 0.3 is 0 Å². The van der Waals surface area contributed by atoms with E-state index in [2.05, 4.69) is 25.9 Å². The molecule has 4 rings (SSSR count). The van der Waals surface area contributed by atoms with Crippen LogP contribution in [0.15, 0.2) is 48.5 Å². The topological polar surface area (TPSA) is 116 Å². The zero-order valence-corrected chi connectivity index (χ0v) is 17.4. The molecule has 160 valence electrons. The number of rotatable bonds is 6. The van der Waals surface area contributed by atoms with E-state index in [1.807, 2.05) is 38.1 Å². The van der Waals surface area contributed by atoms with Gasteiger partial charge in [-0.05, 0) is 30.2 Å². The van der Waals surface area contributed by atoms with Crippen molar-refractivity contribution in [3.63, 3.8) is 0 Å². The SMILES string of the molecule is CCC(C)C(NC(=O)CC1NC(=O)c2ccccc2NC1=O)c1nc2ccccc2[nH]1. The number of anilines is 1. The van der Waals surface area contributed by atoms with Crippen molar-refractivity contribution >= 4 is 34.4 Å². The number of aromatic amines is 1. The van der Waals surface area contributed by atoms with Crippen LogP contribution in [0.3, 0.4) is 0 Å². The highest BCUT2D eigenvalue weighted by molar-refractivity contribution is 6.10. The van der Waals surface area contributed by atoms with Crippen molar-refractivity contribution < 1.29 is 14.4 Å². The molecule has 3 aromatic rings. The highest BCUT2D eigenvalue weighted by Gasteiger charge is 2.31. The molecule has 3 unspecified atom stereocenters. The normalized spacial score (nSPS) is 17.8. The first-order chi connectivity index (χ1) is 15.0. The molecule has 8 heteroatoms. The lowest BCUT2D eigenvalue weighted by molar-refractivity contribution is -0.126. The number of H-pyrrole nitrogens is 1. The third-order valence-corrected chi connectivity index (χ3v) is 5.67. The molecule has 2 heterocycles. The molecule has 3 amide bonds. The first-order valence-electron chi connectivity index (χ1n) is 10.4. The van der Waals surface area contributed by atoms with E-state index in [-0.39, 0.29) is 30.2 Å². The van der Waals surface area contributed by atoms with Crippen LogP contribution in [0.2, 0.25) is 0 Å². The fourth-order valence-corrected chi connectivity index (χ4v) is 3.71. The summed E-state index contributed by atoms with van der Waals surface area (Å²) in [6.45, 7) is 4.08. The van der Waals surface area contributed by atoms with Crippen molar-refractivity contribution in [3.8, 4) is 0 Å². The van der Waals surface area contributed by atoms with Gasteiger partial charge in [0.1, 0.15) is 11.9 Å². The van der Waals surface area contributed by atoms with Crippen LogP contribution in [-0.2, 0) is 9.59 Å². The zero-order chi connectivity index (χ0) is 22.0. The molecule has 2 aromatic carbocycles. The number of fused-ring (bicyclic) bond motifs is 2. The average Bonchev–Trinajstić information content (AvgIpc) is 3.15. The van der Waals surface area contributed by atoms with E-state index < -0.39 is 11.9 Å². The first kappa shape index (κ1) is 20.6. The summed E-state index contributed by atoms with van der Waals surface area (Å²) in [6, 6.07) is 13.1. The summed E-state index contributed by atoms with van der Waals surface area (Å²) < 4.78 is 0. The molecule has 0 radical (unpaired) electrons. The smallest absolute Gasteiger partial charge is 0.254 e. The number of nitrogens with one attached hydrogen (secondary N) is 4. The minimum atomic E-state index is -0.965. The molecule has 3 atom stereocenters. The molecule has 0 saturated heterocycles. The molecule has 0 fully saturated rings. The van der Waals surface area contributed by atoms with Gasteiger partial charge in [-0.25, -0.2) is 4.98 Å². The van der Waals surface area contributed by atoms with Crippen molar-refractivity contribution in [1.29, 1.82) is 0 Å². The number of aromatic nitrogens is 2. The Kier molecular flexibility index (Phi) is 5.70. The summed E-state index contributed by atoms with van der Waals surface area (Å²) in [5.41, 5.74) is 2.53. The van der Waals surface area contributed by atoms with Gasteiger partial charge in [0.05, 0.1) is 34.7 Å². The predicted octanol–water partition coefficient (Wildman–Crippen LogP) is 2.91. The Bertz CT molecular complexity index is 1110. The second-order valence-electron chi connectivity index (χ2n) is 7.83. The summed E-state index contributed by atoms with van der Waals surface area (Å²) in [5, 5.41) is 8.39. The number of nitrogens with zero attached hydrogens (tertiary/aromatic N) is 1. The summed E-state index contributed by atoms with van der Waals surface area (Å²) in [6.07, 6.45) is 0.663. The maximum atomic E-state index is 12.9. The fraction of sp³-hybridized carbons (Fsp3) is 0.304. The van der Waals surface area contributed by atoms with E-state index in [1.54, 1.807) is 24.3 Å². The van der Waals surface area contributed by atoms with Crippen LogP contribution in [0.4, 0.5) is 5.69 Å². The van der Waals surface area contributed by atoms with Gasteiger partial charge in [0.15, 0.2) is 0 Å². The number of amides is 3. The highest BCUT2D eigenvalue weighted by atomic mass is 16.2. The van der Waals surface area contributed by atoms with Crippen molar-refractivity contribution in [2.75, 3.05) is 5.32 Å². The van der Waals surface area contributed by atoms with Crippen LogP contribution < -0.4 is 16.0 Å². The molecule has 0 aliphatic carbocycles. The molecular weight excluding hydrogens is 394 g/mol. The Morgan fingerprint density at radius 3 is 2.65 bits per heavy atom. The van der Waals surface area contributed by atoms with Gasteiger partial charge in [0.2, 0.25) is 11.8 Å². The van der Waals surface area contributed by atoms with Crippen LogP contribution in [0.5, 0.6) is 0 Å². The molecular formula is C23H25N5O3.